The average Bonchev–Trinajstić information content (AvgIpc) is 3.11. The molecule has 3 rings (SSSR count). The number of halogens is 1. The molecule has 144 valence electrons. The van der Waals surface area contributed by atoms with Gasteiger partial charge in [0, 0.05) is 50.7 Å². The molecule has 2 heterocycles. The van der Waals surface area contributed by atoms with Crippen LogP contribution in [0.3, 0.4) is 0 Å². The van der Waals surface area contributed by atoms with E-state index in [1.807, 2.05) is 12.1 Å². The van der Waals surface area contributed by atoms with Crippen molar-refractivity contribution in [2.45, 2.75) is 19.5 Å². The molecule has 0 unspecified atom stereocenters. The molecule has 6 nitrogen and oxygen atoms in total. The number of nitrogens with one attached hydrogen (secondary N) is 2. The predicted molar refractivity (Wildman–Crippen MR) is 121 cm³/mol. The van der Waals surface area contributed by atoms with Gasteiger partial charge in [0.2, 0.25) is 5.88 Å². The van der Waals surface area contributed by atoms with Gasteiger partial charge in [-0.2, -0.15) is 0 Å². The van der Waals surface area contributed by atoms with Crippen LogP contribution in [-0.2, 0) is 13.1 Å². The lowest BCUT2D eigenvalue weighted by atomic mass is 10.2. The number of nitrogens with zero attached hydrogens (tertiary/aromatic N) is 3. The molecule has 27 heavy (non-hydrogen) atoms. The highest BCUT2D eigenvalue weighted by Gasteiger charge is 2.01. The fraction of sp³-hybridized carbons (Fsp3) is 0.300. The molecule has 0 fully saturated rings. The minimum Gasteiger partial charge on any atom is -0.481 e. The van der Waals surface area contributed by atoms with Crippen LogP contribution < -0.4 is 15.4 Å². The summed E-state index contributed by atoms with van der Waals surface area (Å²) in [6, 6.07) is 14.5. The molecule has 3 aromatic rings. The van der Waals surface area contributed by atoms with Gasteiger partial charge in [0.1, 0.15) is 0 Å². The third-order valence-corrected chi connectivity index (χ3v) is 4.24. The van der Waals surface area contributed by atoms with E-state index >= 15 is 0 Å². The fourth-order valence-electron chi connectivity index (χ4n) is 2.83. The second kappa shape index (κ2) is 10.8. The lowest BCUT2D eigenvalue weighted by molar-refractivity contribution is 0.397. The first-order valence-corrected chi connectivity index (χ1v) is 8.77. The van der Waals surface area contributed by atoms with E-state index in [0.717, 1.165) is 31.0 Å². The van der Waals surface area contributed by atoms with Crippen molar-refractivity contribution in [2.75, 3.05) is 20.7 Å². The minimum absolute atomic E-state index is 0. The number of pyridine rings is 1. The Bertz CT molecular complexity index is 860. The number of aliphatic imine (C=N–C) groups is 1. The van der Waals surface area contributed by atoms with Crippen molar-refractivity contribution < 1.29 is 4.74 Å². The largest absolute Gasteiger partial charge is 0.481 e. The molecule has 2 aromatic heterocycles. The van der Waals surface area contributed by atoms with Gasteiger partial charge in [0.15, 0.2) is 5.96 Å². The quantitative estimate of drug-likeness (QED) is 0.236. The standard InChI is InChI=1S/C20H25N5O.HI/c1-21-20(24-15-16-8-9-19(26-2)23-14-16)22-11-5-12-25-13-10-17-6-3-4-7-18(17)25;/h3-4,6-10,13-14H,5,11-12,15H2,1-2H3,(H2,21,22,24);1H. The van der Waals surface area contributed by atoms with Crippen LogP contribution in [0.15, 0.2) is 59.9 Å². The monoisotopic (exact) mass is 479 g/mol. The van der Waals surface area contributed by atoms with Gasteiger partial charge in [-0.05, 0) is 29.5 Å². The van der Waals surface area contributed by atoms with Crippen LogP contribution in [0.25, 0.3) is 10.9 Å². The number of rotatable bonds is 7. The first-order chi connectivity index (χ1) is 12.8. The summed E-state index contributed by atoms with van der Waals surface area (Å²) in [4.78, 5) is 8.47. The number of para-hydroxylation sites is 1. The van der Waals surface area contributed by atoms with E-state index < -0.39 is 0 Å². The van der Waals surface area contributed by atoms with Gasteiger partial charge >= 0.3 is 0 Å². The molecule has 0 atom stereocenters. The van der Waals surface area contributed by atoms with Crippen molar-refractivity contribution in [3.05, 3.63) is 60.4 Å². The summed E-state index contributed by atoms with van der Waals surface area (Å²) >= 11 is 0. The maximum Gasteiger partial charge on any atom is 0.212 e. The first kappa shape index (κ1) is 21.0. The number of hydrogen-bond acceptors (Lipinski definition) is 3. The summed E-state index contributed by atoms with van der Waals surface area (Å²) in [6.07, 6.45) is 4.97. The number of aromatic nitrogens is 2. The molecule has 0 amide bonds. The predicted octanol–water partition coefficient (Wildman–Crippen LogP) is 3.42. The van der Waals surface area contributed by atoms with Crippen LogP contribution in [0.5, 0.6) is 5.88 Å². The van der Waals surface area contributed by atoms with Crippen LogP contribution in [0.4, 0.5) is 0 Å². The summed E-state index contributed by atoms with van der Waals surface area (Å²) in [5, 5.41) is 7.93. The smallest absolute Gasteiger partial charge is 0.212 e. The van der Waals surface area contributed by atoms with Crippen molar-refractivity contribution in [3.8, 4) is 5.88 Å². The molecule has 2 N–H and O–H groups in total. The Morgan fingerprint density at radius 1 is 1.15 bits per heavy atom. The number of aryl methyl sites for hydroxylation is 1. The second-order valence-corrected chi connectivity index (χ2v) is 5.98. The Balaban J connectivity index is 0.00000261. The number of benzene rings is 1. The van der Waals surface area contributed by atoms with Gasteiger partial charge < -0.3 is 19.9 Å². The third-order valence-electron chi connectivity index (χ3n) is 4.24. The Hall–Kier alpha value is -2.29. The molecule has 0 aliphatic carbocycles. The average molecular weight is 479 g/mol. The zero-order chi connectivity index (χ0) is 18.2. The summed E-state index contributed by atoms with van der Waals surface area (Å²) in [6.45, 7) is 2.49. The van der Waals surface area contributed by atoms with Crippen LogP contribution in [0.1, 0.15) is 12.0 Å². The first-order valence-electron chi connectivity index (χ1n) is 8.77. The van der Waals surface area contributed by atoms with Crippen molar-refractivity contribution in [3.63, 3.8) is 0 Å². The highest BCUT2D eigenvalue weighted by atomic mass is 127. The van der Waals surface area contributed by atoms with Crippen LogP contribution in [0, 0.1) is 0 Å². The van der Waals surface area contributed by atoms with Crippen LogP contribution in [0.2, 0.25) is 0 Å². The van der Waals surface area contributed by atoms with Crippen molar-refractivity contribution in [2.24, 2.45) is 4.99 Å². The molecule has 7 heteroatoms. The molecule has 1 aromatic carbocycles. The fourth-order valence-corrected chi connectivity index (χ4v) is 2.83. The maximum absolute atomic E-state index is 5.07. The van der Waals surface area contributed by atoms with E-state index in [-0.39, 0.29) is 24.0 Å². The number of methoxy groups -OCH3 is 1. The van der Waals surface area contributed by atoms with E-state index in [4.69, 9.17) is 4.74 Å². The molecule has 0 bridgehead atoms. The Morgan fingerprint density at radius 2 is 2.00 bits per heavy atom. The van der Waals surface area contributed by atoms with Crippen molar-refractivity contribution in [1.29, 1.82) is 0 Å². The third kappa shape index (κ3) is 5.85. The van der Waals surface area contributed by atoms with Gasteiger partial charge in [-0.1, -0.05) is 24.3 Å². The summed E-state index contributed by atoms with van der Waals surface area (Å²) in [7, 11) is 3.39. The Morgan fingerprint density at radius 3 is 2.74 bits per heavy atom. The zero-order valence-electron chi connectivity index (χ0n) is 15.7. The van der Waals surface area contributed by atoms with Gasteiger partial charge in [-0.25, -0.2) is 4.98 Å². The number of hydrogen-bond donors (Lipinski definition) is 2. The summed E-state index contributed by atoms with van der Waals surface area (Å²) < 4.78 is 7.36. The lowest BCUT2D eigenvalue weighted by Crippen LogP contribution is -2.37. The SMILES string of the molecule is CN=C(NCCCn1ccc2ccccc21)NCc1ccc(OC)nc1.I. The molecular weight excluding hydrogens is 453 g/mol. The Labute approximate surface area is 177 Å². The molecular formula is C20H26IN5O. The molecule has 0 saturated heterocycles. The normalized spacial score (nSPS) is 11.1. The van der Waals surface area contributed by atoms with E-state index in [1.165, 1.54) is 10.9 Å². The Kier molecular flexibility index (Phi) is 8.38. The topological polar surface area (TPSA) is 63.5 Å². The van der Waals surface area contributed by atoms with Gasteiger partial charge in [0.05, 0.1) is 7.11 Å². The maximum atomic E-state index is 5.07. The van der Waals surface area contributed by atoms with Gasteiger partial charge in [-0.3, -0.25) is 4.99 Å². The molecule has 0 aliphatic rings. The summed E-state index contributed by atoms with van der Waals surface area (Å²) in [5.74, 6) is 1.41. The van der Waals surface area contributed by atoms with E-state index in [1.54, 1.807) is 20.4 Å². The van der Waals surface area contributed by atoms with Crippen LogP contribution >= 0.6 is 24.0 Å². The molecule has 0 radical (unpaired) electrons. The minimum atomic E-state index is 0. The van der Waals surface area contributed by atoms with E-state index in [0.29, 0.717) is 12.4 Å². The number of guanidine groups is 1. The van der Waals surface area contributed by atoms with Crippen molar-refractivity contribution in [1.82, 2.24) is 20.2 Å². The van der Waals surface area contributed by atoms with Gasteiger partial charge in [0.25, 0.3) is 0 Å². The van der Waals surface area contributed by atoms with E-state index in [2.05, 4.69) is 61.7 Å². The second-order valence-electron chi connectivity index (χ2n) is 5.98. The van der Waals surface area contributed by atoms with E-state index in [9.17, 15) is 0 Å². The zero-order valence-corrected chi connectivity index (χ0v) is 18.0. The van der Waals surface area contributed by atoms with Gasteiger partial charge in [-0.15, -0.1) is 24.0 Å². The molecule has 0 saturated carbocycles. The number of fused-ring (bicyclic) bond motifs is 1. The number of ether oxygens (including phenoxy) is 1. The molecule has 0 aliphatic heterocycles. The lowest BCUT2D eigenvalue weighted by Gasteiger charge is -2.12. The van der Waals surface area contributed by atoms with Crippen molar-refractivity contribution >= 4 is 40.8 Å². The highest BCUT2D eigenvalue weighted by molar-refractivity contribution is 14.0. The highest BCUT2D eigenvalue weighted by Crippen LogP contribution is 2.15. The summed E-state index contributed by atoms with van der Waals surface area (Å²) in [5.41, 5.74) is 2.36. The molecule has 0 spiro atoms. The van der Waals surface area contributed by atoms with Crippen LogP contribution in [-0.4, -0.2) is 36.2 Å².